The fourth-order valence-corrected chi connectivity index (χ4v) is 2.65. The number of nitrogens with zero attached hydrogens (tertiary/aromatic N) is 2. The SMILES string of the molecule is COc1ccc(Cc2nnc(Nc3ccc(Cl)c(C(F)(F)F)c3)[nH]c2=O)cc1. The van der Waals surface area contributed by atoms with Gasteiger partial charge in [0.05, 0.1) is 17.7 Å². The first-order valence-electron chi connectivity index (χ1n) is 7.99. The van der Waals surface area contributed by atoms with E-state index in [1.54, 1.807) is 31.4 Å². The standard InChI is InChI=1S/C18H14ClF3N4O2/c1-28-12-5-2-10(3-6-12)8-15-16(27)24-17(26-25-15)23-11-4-7-14(19)13(9-11)18(20,21)22/h2-7,9H,8H2,1H3,(H2,23,24,26,27). The number of hydrogen-bond acceptors (Lipinski definition) is 5. The largest absolute Gasteiger partial charge is 0.497 e. The maximum absolute atomic E-state index is 12.9. The molecule has 146 valence electrons. The molecule has 0 saturated heterocycles. The highest BCUT2D eigenvalue weighted by atomic mass is 35.5. The third-order valence-corrected chi connectivity index (χ3v) is 4.16. The first-order valence-corrected chi connectivity index (χ1v) is 8.36. The zero-order valence-corrected chi connectivity index (χ0v) is 15.2. The molecule has 6 nitrogen and oxygen atoms in total. The van der Waals surface area contributed by atoms with E-state index in [4.69, 9.17) is 16.3 Å². The smallest absolute Gasteiger partial charge is 0.417 e. The molecule has 0 amide bonds. The molecule has 3 rings (SSSR count). The lowest BCUT2D eigenvalue weighted by molar-refractivity contribution is -0.137. The van der Waals surface area contributed by atoms with Gasteiger partial charge >= 0.3 is 6.18 Å². The Labute approximate surface area is 162 Å². The Bertz CT molecular complexity index is 1040. The number of aromatic nitrogens is 3. The number of hydrogen-bond donors (Lipinski definition) is 2. The van der Waals surface area contributed by atoms with Gasteiger partial charge in [-0.15, -0.1) is 10.2 Å². The fraction of sp³-hybridized carbons (Fsp3) is 0.167. The van der Waals surface area contributed by atoms with E-state index in [0.717, 1.165) is 17.7 Å². The molecule has 2 N–H and O–H groups in total. The second kappa shape index (κ2) is 7.89. The number of ether oxygens (including phenoxy) is 1. The Morgan fingerprint density at radius 1 is 1.14 bits per heavy atom. The number of nitrogens with one attached hydrogen (secondary N) is 2. The van der Waals surface area contributed by atoms with Crippen LogP contribution in [0.3, 0.4) is 0 Å². The Hall–Kier alpha value is -3.07. The van der Waals surface area contributed by atoms with Crippen LogP contribution < -0.4 is 15.6 Å². The summed E-state index contributed by atoms with van der Waals surface area (Å²) in [4.78, 5) is 14.7. The predicted molar refractivity (Wildman–Crippen MR) is 98.2 cm³/mol. The van der Waals surface area contributed by atoms with E-state index in [1.807, 2.05) is 0 Å². The van der Waals surface area contributed by atoms with E-state index in [2.05, 4.69) is 20.5 Å². The molecule has 0 radical (unpaired) electrons. The maximum atomic E-state index is 12.9. The van der Waals surface area contributed by atoms with Crippen molar-refractivity contribution in [2.45, 2.75) is 12.6 Å². The summed E-state index contributed by atoms with van der Waals surface area (Å²) in [7, 11) is 1.55. The van der Waals surface area contributed by atoms with Crippen LogP contribution in [0.2, 0.25) is 5.02 Å². The van der Waals surface area contributed by atoms with Crippen molar-refractivity contribution in [3.05, 3.63) is 74.7 Å². The summed E-state index contributed by atoms with van der Waals surface area (Å²) in [5, 5.41) is 9.85. The monoisotopic (exact) mass is 410 g/mol. The second-order valence-corrected chi connectivity index (χ2v) is 6.20. The predicted octanol–water partition coefficient (Wildman–Crippen LogP) is 4.18. The molecule has 0 aliphatic carbocycles. The molecule has 0 unspecified atom stereocenters. The van der Waals surface area contributed by atoms with E-state index < -0.39 is 22.3 Å². The molecule has 28 heavy (non-hydrogen) atoms. The number of halogens is 4. The van der Waals surface area contributed by atoms with Gasteiger partial charge in [0.15, 0.2) is 0 Å². The molecule has 1 heterocycles. The number of anilines is 2. The highest BCUT2D eigenvalue weighted by Gasteiger charge is 2.33. The summed E-state index contributed by atoms with van der Waals surface area (Å²) >= 11 is 5.58. The topological polar surface area (TPSA) is 79.9 Å². The molecule has 1 aromatic heterocycles. The van der Waals surface area contributed by atoms with Crippen molar-refractivity contribution >= 4 is 23.2 Å². The van der Waals surface area contributed by atoms with Crippen molar-refractivity contribution < 1.29 is 17.9 Å². The first-order chi connectivity index (χ1) is 13.3. The Kier molecular flexibility index (Phi) is 5.55. The van der Waals surface area contributed by atoms with Crippen molar-refractivity contribution in [1.82, 2.24) is 15.2 Å². The number of benzene rings is 2. The van der Waals surface area contributed by atoms with E-state index >= 15 is 0 Å². The van der Waals surface area contributed by atoms with E-state index in [1.165, 1.54) is 6.07 Å². The summed E-state index contributed by atoms with van der Waals surface area (Å²) < 4.78 is 43.9. The minimum absolute atomic E-state index is 0.0598. The molecule has 0 fully saturated rings. The zero-order chi connectivity index (χ0) is 20.3. The number of methoxy groups -OCH3 is 1. The van der Waals surface area contributed by atoms with Crippen molar-refractivity contribution in [3.63, 3.8) is 0 Å². The summed E-state index contributed by atoms with van der Waals surface area (Å²) in [6.45, 7) is 0. The van der Waals surface area contributed by atoms with Gasteiger partial charge in [-0.3, -0.25) is 9.78 Å². The Morgan fingerprint density at radius 2 is 1.86 bits per heavy atom. The zero-order valence-electron chi connectivity index (χ0n) is 14.5. The molecule has 2 aromatic carbocycles. The van der Waals surface area contributed by atoms with E-state index in [0.29, 0.717) is 5.75 Å². The minimum Gasteiger partial charge on any atom is -0.497 e. The van der Waals surface area contributed by atoms with Gasteiger partial charge in [-0.05, 0) is 35.9 Å². The van der Waals surface area contributed by atoms with Crippen LogP contribution in [0.25, 0.3) is 0 Å². The number of rotatable bonds is 5. The molecule has 3 aromatic rings. The van der Waals surface area contributed by atoms with Gasteiger partial charge in [-0.1, -0.05) is 23.7 Å². The second-order valence-electron chi connectivity index (χ2n) is 5.79. The Morgan fingerprint density at radius 3 is 2.46 bits per heavy atom. The van der Waals surface area contributed by atoms with Crippen LogP contribution in [-0.4, -0.2) is 22.3 Å². The molecular formula is C18H14ClF3N4O2. The average Bonchev–Trinajstić information content (AvgIpc) is 2.65. The molecule has 0 aliphatic rings. The van der Waals surface area contributed by atoms with Gasteiger partial charge in [-0.25, -0.2) is 0 Å². The lowest BCUT2D eigenvalue weighted by Gasteiger charge is -2.11. The van der Waals surface area contributed by atoms with Gasteiger partial charge < -0.3 is 10.1 Å². The molecule has 0 atom stereocenters. The molecule has 10 heteroatoms. The highest BCUT2D eigenvalue weighted by molar-refractivity contribution is 6.31. The molecule has 0 spiro atoms. The lowest BCUT2D eigenvalue weighted by Crippen LogP contribution is -2.19. The molecule has 0 saturated carbocycles. The third kappa shape index (κ3) is 4.61. The third-order valence-electron chi connectivity index (χ3n) is 3.83. The number of aromatic amines is 1. The van der Waals surface area contributed by atoms with Crippen molar-refractivity contribution in [2.75, 3.05) is 12.4 Å². The van der Waals surface area contributed by atoms with Gasteiger partial charge in [0, 0.05) is 12.1 Å². The van der Waals surface area contributed by atoms with Crippen LogP contribution in [0.4, 0.5) is 24.8 Å². The minimum atomic E-state index is -4.60. The Balaban J connectivity index is 1.78. The van der Waals surface area contributed by atoms with Crippen LogP contribution in [0.15, 0.2) is 47.3 Å². The van der Waals surface area contributed by atoms with E-state index in [-0.39, 0.29) is 23.8 Å². The van der Waals surface area contributed by atoms with Crippen molar-refractivity contribution in [1.29, 1.82) is 0 Å². The highest BCUT2D eigenvalue weighted by Crippen LogP contribution is 2.36. The summed E-state index contributed by atoms with van der Waals surface area (Å²) in [6.07, 6.45) is -4.36. The first kappa shape index (κ1) is 19.7. The summed E-state index contributed by atoms with van der Waals surface area (Å²) in [5.74, 6) is 0.600. The lowest BCUT2D eigenvalue weighted by atomic mass is 10.1. The fourth-order valence-electron chi connectivity index (χ4n) is 2.43. The van der Waals surface area contributed by atoms with Crippen LogP contribution in [-0.2, 0) is 12.6 Å². The summed E-state index contributed by atoms with van der Waals surface area (Å²) in [6, 6.07) is 10.4. The van der Waals surface area contributed by atoms with Crippen LogP contribution in [0.5, 0.6) is 5.75 Å². The molecular weight excluding hydrogens is 397 g/mol. The van der Waals surface area contributed by atoms with Crippen LogP contribution in [0, 0.1) is 0 Å². The van der Waals surface area contributed by atoms with Crippen LogP contribution in [0.1, 0.15) is 16.8 Å². The molecule has 0 bridgehead atoms. The number of H-pyrrole nitrogens is 1. The van der Waals surface area contributed by atoms with Gasteiger partial charge in [0.25, 0.3) is 5.56 Å². The van der Waals surface area contributed by atoms with Gasteiger partial charge in [0.1, 0.15) is 11.4 Å². The van der Waals surface area contributed by atoms with Gasteiger partial charge in [-0.2, -0.15) is 13.2 Å². The normalized spacial score (nSPS) is 11.3. The van der Waals surface area contributed by atoms with Crippen molar-refractivity contribution in [2.24, 2.45) is 0 Å². The summed E-state index contributed by atoms with van der Waals surface area (Å²) in [5.41, 5.74) is -0.440. The van der Waals surface area contributed by atoms with Crippen molar-refractivity contribution in [3.8, 4) is 5.75 Å². The van der Waals surface area contributed by atoms with E-state index in [9.17, 15) is 18.0 Å². The molecule has 0 aliphatic heterocycles. The maximum Gasteiger partial charge on any atom is 0.417 e. The van der Waals surface area contributed by atoms with Crippen LogP contribution >= 0.6 is 11.6 Å². The quantitative estimate of drug-likeness (QED) is 0.659. The average molecular weight is 411 g/mol. The number of alkyl halides is 3. The van der Waals surface area contributed by atoms with Gasteiger partial charge in [0.2, 0.25) is 5.95 Å².